The van der Waals surface area contributed by atoms with E-state index in [0.29, 0.717) is 0 Å². The third-order valence-corrected chi connectivity index (χ3v) is 7.82. The zero-order chi connectivity index (χ0) is 14.7. The van der Waals surface area contributed by atoms with E-state index < -0.39 is 0 Å². The summed E-state index contributed by atoms with van der Waals surface area (Å²) in [6, 6.07) is 8.47. The van der Waals surface area contributed by atoms with Gasteiger partial charge in [0.2, 0.25) is 0 Å². The van der Waals surface area contributed by atoms with Gasteiger partial charge in [0, 0.05) is 17.2 Å². The molecule has 5 aliphatic rings. The van der Waals surface area contributed by atoms with Gasteiger partial charge in [-0.15, -0.1) is 0 Å². The van der Waals surface area contributed by atoms with E-state index in [4.69, 9.17) is 4.99 Å². The van der Waals surface area contributed by atoms with Gasteiger partial charge in [0.15, 0.2) is 0 Å². The normalized spacial score (nSPS) is 45.0. The Kier molecular flexibility index (Phi) is 3.09. The van der Waals surface area contributed by atoms with Crippen LogP contribution in [0.5, 0.6) is 0 Å². The van der Waals surface area contributed by atoms with Gasteiger partial charge in [0.25, 0.3) is 0 Å². The first kappa shape index (κ1) is 13.8. The number of benzene rings is 1. The van der Waals surface area contributed by atoms with Crippen LogP contribution in [0.4, 0.5) is 0 Å². The maximum Gasteiger partial charge on any atom is 0.0423 e. The van der Waals surface area contributed by atoms with Gasteiger partial charge in [0.1, 0.15) is 0 Å². The molecule has 6 rings (SSSR count). The molecular formula is C20H24BrN. The highest BCUT2D eigenvalue weighted by atomic mass is 79.9. The van der Waals surface area contributed by atoms with Gasteiger partial charge in [-0.3, -0.25) is 4.99 Å². The van der Waals surface area contributed by atoms with Gasteiger partial charge in [0.05, 0.1) is 0 Å². The van der Waals surface area contributed by atoms with E-state index in [2.05, 4.69) is 46.4 Å². The van der Waals surface area contributed by atoms with Crippen molar-refractivity contribution < 1.29 is 0 Å². The topological polar surface area (TPSA) is 12.4 Å². The molecule has 0 aliphatic heterocycles. The van der Waals surface area contributed by atoms with Crippen LogP contribution >= 0.6 is 15.9 Å². The van der Waals surface area contributed by atoms with E-state index in [9.17, 15) is 0 Å². The third kappa shape index (κ3) is 2.06. The highest BCUT2D eigenvalue weighted by molar-refractivity contribution is 9.10. The highest BCUT2D eigenvalue weighted by Crippen LogP contribution is 2.74. The average molecular weight is 358 g/mol. The summed E-state index contributed by atoms with van der Waals surface area (Å²) in [6.07, 6.45) is 11.4. The summed E-state index contributed by atoms with van der Waals surface area (Å²) in [7, 11) is 0. The molecule has 0 amide bonds. The molecule has 5 aliphatic carbocycles. The Morgan fingerprint density at radius 1 is 1.00 bits per heavy atom. The molecule has 5 saturated carbocycles. The Morgan fingerprint density at radius 2 is 1.64 bits per heavy atom. The molecule has 0 N–H and O–H groups in total. The fourth-order valence-corrected chi connectivity index (χ4v) is 6.76. The molecule has 1 unspecified atom stereocenters. The lowest BCUT2D eigenvalue weighted by Gasteiger charge is -2.56. The van der Waals surface area contributed by atoms with Crippen LogP contribution in [-0.4, -0.2) is 12.8 Å². The quantitative estimate of drug-likeness (QED) is 0.648. The van der Waals surface area contributed by atoms with Gasteiger partial charge >= 0.3 is 0 Å². The van der Waals surface area contributed by atoms with Crippen molar-refractivity contribution in [1.29, 1.82) is 0 Å². The number of aliphatic imine (C=N–C) groups is 1. The number of nitrogens with zero attached hydrogens (tertiary/aromatic N) is 1. The van der Waals surface area contributed by atoms with E-state index in [0.717, 1.165) is 46.0 Å². The molecule has 0 heterocycles. The van der Waals surface area contributed by atoms with Crippen molar-refractivity contribution in [2.24, 2.45) is 40.0 Å². The summed E-state index contributed by atoms with van der Waals surface area (Å²) in [5.74, 6) is 5.23. The predicted octanol–water partition coefficient (Wildman–Crippen LogP) is 5.33. The van der Waals surface area contributed by atoms with Gasteiger partial charge in [-0.2, -0.15) is 0 Å². The van der Waals surface area contributed by atoms with Crippen molar-refractivity contribution >= 4 is 22.1 Å². The van der Waals surface area contributed by atoms with E-state index in [1.165, 1.54) is 12.0 Å². The number of halogens is 1. The Bertz CT molecular complexity index is 575. The summed E-state index contributed by atoms with van der Waals surface area (Å²) >= 11 is 3.49. The largest absolute Gasteiger partial charge is 0.292 e. The molecule has 4 bridgehead atoms. The SMILES string of the molecule is Brc1ccc(C=NCC2CC23C2CC4CC(C2)CC3C4)cc1. The summed E-state index contributed by atoms with van der Waals surface area (Å²) in [6.45, 7) is 1.07. The van der Waals surface area contributed by atoms with Crippen LogP contribution in [0, 0.1) is 35.0 Å². The molecule has 22 heavy (non-hydrogen) atoms. The average Bonchev–Trinajstić information content (AvgIpc) is 3.22. The van der Waals surface area contributed by atoms with E-state index in [-0.39, 0.29) is 0 Å². The van der Waals surface area contributed by atoms with Crippen molar-refractivity contribution in [3.63, 3.8) is 0 Å². The lowest BCUT2D eigenvalue weighted by atomic mass is 9.49. The summed E-state index contributed by atoms with van der Waals surface area (Å²) < 4.78 is 1.14. The minimum absolute atomic E-state index is 0.741. The van der Waals surface area contributed by atoms with E-state index >= 15 is 0 Å². The minimum Gasteiger partial charge on any atom is -0.292 e. The second-order valence-corrected chi connectivity index (χ2v) is 9.28. The molecule has 5 fully saturated rings. The molecule has 1 aromatic carbocycles. The van der Waals surface area contributed by atoms with Crippen LogP contribution in [0.1, 0.15) is 44.1 Å². The van der Waals surface area contributed by atoms with Gasteiger partial charge < -0.3 is 0 Å². The number of rotatable bonds is 3. The predicted molar refractivity (Wildman–Crippen MR) is 94.2 cm³/mol. The monoisotopic (exact) mass is 357 g/mol. The Labute approximate surface area is 141 Å². The molecule has 0 radical (unpaired) electrons. The molecule has 0 aromatic heterocycles. The van der Waals surface area contributed by atoms with E-state index in [1.807, 2.05) is 0 Å². The molecule has 1 atom stereocenters. The first-order valence-electron chi connectivity index (χ1n) is 8.99. The van der Waals surface area contributed by atoms with Crippen LogP contribution in [-0.2, 0) is 0 Å². The smallest absolute Gasteiger partial charge is 0.0423 e. The van der Waals surface area contributed by atoms with Gasteiger partial charge in [-0.05, 0) is 91.2 Å². The summed E-state index contributed by atoms with van der Waals surface area (Å²) in [5, 5.41) is 0. The second-order valence-electron chi connectivity index (χ2n) is 8.36. The van der Waals surface area contributed by atoms with Gasteiger partial charge in [-0.1, -0.05) is 28.1 Å². The molecular weight excluding hydrogens is 334 g/mol. The lowest BCUT2D eigenvalue weighted by Crippen LogP contribution is -2.47. The van der Waals surface area contributed by atoms with Gasteiger partial charge in [-0.25, -0.2) is 0 Å². The van der Waals surface area contributed by atoms with Crippen molar-refractivity contribution in [1.82, 2.24) is 0 Å². The molecule has 116 valence electrons. The maximum absolute atomic E-state index is 4.80. The minimum atomic E-state index is 0.741. The molecule has 1 nitrogen and oxygen atoms in total. The third-order valence-electron chi connectivity index (χ3n) is 7.29. The van der Waals surface area contributed by atoms with Crippen LogP contribution < -0.4 is 0 Å². The van der Waals surface area contributed by atoms with E-state index in [1.54, 1.807) is 32.1 Å². The Balaban J connectivity index is 1.26. The maximum atomic E-state index is 4.80. The second kappa shape index (κ2) is 4.93. The van der Waals surface area contributed by atoms with Crippen LogP contribution in [0.2, 0.25) is 0 Å². The summed E-state index contributed by atoms with van der Waals surface area (Å²) in [5.41, 5.74) is 1.97. The first-order valence-corrected chi connectivity index (χ1v) is 9.79. The van der Waals surface area contributed by atoms with Crippen molar-refractivity contribution in [2.45, 2.75) is 38.5 Å². The lowest BCUT2D eigenvalue weighted by molar-refractivity contribution is -0.0593. The standard InChI is InChI=1S/C20H24BrN/c21-19-3-1-13(2-4-19)11-22-12-18-10-20(18)16-6-14-5-15(8-16)9-17(20)7-14/h1-4,11,14-18H,5-10,12H2. The van der Waals surface area contributed by atoms with Crippen molar-refractivity contribution in [3.8, 4) is 0 Å². The summed E-state index contributed by atoms with van der Waals surface area (Å²) in [4.78, 5) is 4.80. The number of hydrogen-bond donors (Lipinski definition) is 0. The van der Waals surface area contributed by atoms with Crippen LogP contribution in [0.25, 0.3) is 0 Å². The van der Waals surface area contributed by atoms with Crippen molar-refractivity contribution in [2.75, 3.05) is 6.54 Å². The fraction of sp³-hybridized carbons (Fsp3) is 0.650. The Hall–Kier alpha value is -0.630. The van der Waals surface area contributed by atoms with Crippen LogP contribution in [0.3, 0.4) is 0 Å². The Morgan fingerprint density at radius 3 is 2.27 bits per heavy atom. The van der Waals surface area contributed by atoms with Crippen LogP contribution in [0.15, 0.2) is 33.7 Å². The molecule has 0 saturated heterocycles. The fourth-order valence-electron chi connectivity index (χ4n) is 6.50. The molecule has 1 spiro atoms. The molecule has 1 aromatic rings. The zero-order valence-electron chi connectivity index (χ0n) is 13.0. The number of hydrogen-bond acceptors (Lipinski definition) is 1. The zero-order valence-corrected chi connectivity index (χ0v) is 14.6. The first-order chi connectivity index (χ1) is 10.7. The van der Waals surface area contributed by atoms with Crippen molar-refractivity contribution in [3.05, 3.63) is 34.3 Å². The molecule has 2 heteroatoms. The highest BCUT2D eigenvalue weighted by Gasteiger charge is 2.67.